The molecule has 0 spiro atoms. The van der Waals surface area contributed by atoms with Crippen LogP contribution < -0.4 is 5.73 Å². The Labute approximate surface area is 133 Å². The topological polar surface area (TPSA) is 124 Å². The van der Waals surface area contributed by atoms with Crippen molar-refractivity contribution >= 4 is 5.97 Å². The van der Waals surface area contributed by atoms with E-state index >= 15 is 0 Å². The van der Waals surface area contributed by atoms with Crippen molar-refractivity contribution in [2.45, 2.75) is 25.8 Å². The average Bonchev–Trinajstić information content (AvgIpc) is 2.45. The van der Waals surface area contributed by atoms with Crippen LogP contribution in [0, 0.1) is 6.92 Å². The molecule has 0 bridgehead atoms. The van der Waals surface area contributed by atoms with Crippen LogP contribution >= 0.6 is 0 Å². The largest absolute Gasteiger partial charge is 0.507 e. The number of carboxylic acid groups (broad SMARTS) is 1. The highest BCUT2D eigenvalue weighted by Gasteiger charge is 2.29. The van der Waals surface area contributed by atoms with Gasteiger partial charge in [0, 0.05) is 12.0 Å². The van der Waals surface area contributed by atoms with E-state index in [0.29, 0.717) is 22.3 Å². The molecule has 0 aromatic heterocycles. The summed E-state index contributed by atoms with van der Waals surface area (Å²) in [5.74, 6) is -1.69. The Morgan fingerprint density at radius 3 is 2.26 bits per heavy atom. The third kappa shape index (κ3) is 3.22. The van der Waals surface area contributed by atoms with Gasteiger partial charge in [0.05, 0.1) is 0 Å². The highest BCUT2D eigenvalue weighted by Crippen LogP contribution is 2.38. The van der Waals surface area contributed by atoms with Crippen molar-refractivity contribution in [3.05, 3.63) is 41.5 Å². The number of phenols is 3. The molecule has 2 aromatic rings. The van der Waals surface area contributed by atoms with E-state index in [2.05, 4.69) is 0 Å². The molecule has 23 heavy (non-hydrogen) atoms. The highest BCUT2D eigenvalue weighted by atomic mass is 16.4. The van der Waals surface area contributed by atoms with Crippen LogP contribution in [0.3, 0.4) is 0 Å². The molecule has 0 unspecified atom stereocenters. The number of rotatable bonds is 4. The van der Waals surface area contributed by atoms with E-state index in [4.69, 9.17) is 10.8 Å². The SMILES string of the molecule is Cc1c(C[C@](C)(N)C(=O)O)ccc(O)c1-c1ccc(O)c(O)c1. The molecule has 122 valence electrons. The fraction of sp³-hybridized carbons (Fsp3) is 0.235. The quantitative estimate of drug-likeness (QED) is 0.550. The predicted molar refractivity (Wildman–Crippen MR) is 85.5 cm³/mol. The monoisotopic (exact) mass is 317 g/mol. The molecule has 2 aromatic carbocycles. The first kappa shape index (κ1) is 16.6. The van der Waals surface area contributed by atoms with Gasteiger partial charge in [-0.1, -0.05) is 12.1 Å². The number of nitrogens with two attached hydrogens (primary N) is 1. The lowest BCUT2D eigenvalue weighted by Crippen LogP contribution is -2.46. The maximum Gasteiger partial charge on any atom is 0.323 e. The standard InChI is InChI=1S/C17H19NO5/c1-9-11(8-17(2,18)16(22)23)4-6-13(20)15(9)10-3-5-12(19)14(21)7-10/h3-7,19-21H,8,18H2,1-2H3,(H,22,23)/t17-/m0/s1. The van der Waals surface area contributed by atoms with Crippen molar-refractivity contribution in [2.75, 3.05) is 0 Å². The number of hydrogen-bond donors (Lipinski definition) is 5. The van der Waals surface area contributed by atoms with Crippen molar-refractivity contribution in [1.29, 1.82) is 0 Å². The second-order valence-corrected chi connectivity index (χ2v) is 5.85. The summed E-state index contributed by atoms with van der Waals surface area (Å²) in [6.07, 6.45) is 0.0888. The first-order chi connectivity index (χ1) is 10.6. The van der Waals surface area contributed by atoms with Gasteiger partial charge in [0.15, 0.2) is 11.5 Å². The summed E-state index contributed by atoms with van der Waals surface area (Å²) in [7, 11) is 0. The van der Waals surface area contributed by atoms with Crippen molar-refractivity contribution in [3.8, 4) is 28.4 Å². The summed E-state index contributed by atoms with van der Waals surface area (Å²) in [6.45, 7) is 3.17. The lowest BCUT2D eigenvalue weighted by atomic mass is 9.87. The van der Waals surface area contributed by atoms with Crippen LogP contribution in [0.15, 0.2) is 30.3 Å². The first-order valence-electron chi connectivity index (χ1n) is 6.99. The Bertz CT molecular complexity index is 768. The summed E-state index contributed by atoms with van der Waals surface area (Å²) in [4.78, 5) is 11.2. The predicted octanol–water partition coefficient (Wildman–Crippen LogP) is 2.12. The number of aromatic hydroxyl groups is 3. The molecule has 0 fully saturated rings. The Morgan fingerprint density at radius 1 is 1.09 bits per heavy atom. The van der Waals surface area contributed by atoms with E-state index in [1.807, 2.05) is 0 Å². The third-order valence-electron chi connectivity index (χ3n) is 3.87. The molecule has 0 radical (unpaired) electrons. The van der Waals surface area contributed by atoms with E-state index in [-0.39, 0.29) is 23.7 Å². The first-order valence-corrected chi connectivity index (χ1v) is 6.99. The van der Waals surface area contributed by atoms with E-state index < -0.39 is 11.5 Å². The fourth-order valence-corrected chi connectivity index (χ4v) is 2.45. The van der Waals surface area contributed by atoms with Gasteiger partial charge in [-0.15, -0.1) is 0 Å². The summed E-state index contributed by atoms with van der Waals surface area (Å²) in [5.41, 5.74) is 6.66. The molecule has 6 N–H and O–H groups in total. The summed E-state index contributed by atoms with van der Waals surface area (Å²) in [5, 5.41) is 38.4. The molecule has 2 rings (SSSR count). The Hall–Kier alpha value is -2.73. The summed E-state index contributed by atoms with van der Waals surface area (Å²) < 4.78 is 0. The van der Waals surface area contributed by atoms with Gasteiger partial charge in [-0.05, 0) is 48.7 Å². The molecule has 0 heterocycles. The number of carbonyl (C=O) groups is 1. The number of aliphatic carboxylic acids is 1. The average molecular weight is 317 g/mol. The molecule has 0 amide bonds. The zero-order chi connectivity index (χ0) is 17.4. The highest BCUT2D eigenvalue weighted by molar-refractivity contribution is 5.80. The second kappa shape index (κ2) is 5.81. The van der Waals surface area contributed by atoms with Gasteiger partial charge in [-0.25, -0.2) is 0 Å². The molecule has 0 saturated carbocycles. The van der Waals surface area contributed by atoms with Crippen LogP contribution in [0.5, 0.6) is 17.2 Å². The maximum absolute atomic E-state index is 11.2. The second-order valence-electron chi connectivity index (χ2n) is 5.85. The molecule has 6 heteroatoms. The smallest absolute Gasteiger partial charge is 0.323 e. The molecule has 0 aliphatic rings. The molecule has 0 aliphatic heterocycles. The Kier molecular flexibility index (Phi) is 4.20. The number of hydrogen-bond acceptors (Lipinski definition) is 5. The van der Waals surface area contributed by atoms with Crippen molar-refractivity contribution in [1.82, 2.24) is 0 Å². The van der Waals surface area contributed by atoms with Gasteiger partial charge in [-0.2, -0.15) is 0 Å². The van der Waals surface area contributed by atoms with Crippen molar-refractivity contribution < 1.29 is 25.2 Å². The number of carboxylic acids is 1. The minimum atomic E-state index is -1.43. The normalized spacial score (nSPS) is 13.5. The van der Waals surface area contributed by atoms with Gasteiger partial charge in [0.2, 0.25) is 0 Å². The van der Waals surface area contributed by atoms with E-state index in [1.165, 1.54) is 25.1 Å². The van der Waals surface area contributed by atoms with Gasteiger partial charge in [-0.3, -0.25) is 4.79 Å². The van der Waals surface area contributed by atoms with E-state index in [9.17, 15) is 20.1 Å². The molecular weight excluding hydrogens is 298 g/mol. The van der Waals surface area contributed by atoms with Crippen LogP contribution in [0.1, 0.15) is 18.1 Å². The van der Waals surface area contributed by atoms with Crippen LogP contribution in [0.25, 0.3) is 11.1 Å². The zero-order valence-electron chi connectivity index (χ0n) is 12.9. The summed E-state index contributed by atoms with van der Waals surface area (Å²) in [6, 6.07) is 7.29. The molecule has 0 aliphatic carbocycles. The fourth-order valence-electron chi connectivity index (χ4n) is 2.45. The van der Waals surface area contributed by atoms with Gasteiger partial charge >= 0.3 is 5.97 Å². The molecule has 6 nitrogen and oxygen atoms in total. The van der Waals surface area contributed by atoms with E-state index in [1.54, 1.807) is 19.1 Å². The van der Waals surface area contributed by atoms with Gasteiger partial charge in [0.25, 0.3) is 0 Å². The maximum atomic E-state index is 11.2. The molecular formula is C17H19NO5. The van der Waals surface area contributed by atoms with Crippen LogP contribution in [-0.4, -0.2) is 31.9 Å². The molecule has 1 atom stereocenters. The number of phenolic OH excluding ortho intramolecular Hbond substituents is 3. The Morgan fingerprint density at radius 2 is 1.70 bits per heavy atom. The lowest BCUT2D eigenvalue weighted by Gasteiger charge is -2.22. The minimum absolute atomic E-state index is 0.00890. The van der Waals surface area contributed by atoms with Crippen LogP contribution in [0.2, 0.25) is 0 Å². The van der Waals surface area contributed by atoms with Crippen molar-refractivity contribution in [2.24, 2.45) is 5.73 Å². The van der Waals surface area contributed by atoms with Gasteiger partial charge in [0.1, 0.15) is 11.3 Å². The van der Waals surface area contributed by atoms with Crippen LogP contribution in [0.4, 0.5) is 0 Å². The minimum Gasteiger partial charge on any atom is -0.507 e. The lowest BCUT2D eigenvalue weighted by molar-refractivity contribution is -0.142. The van der Waals surface area contributed by atoms with Crippen LogP contribution in [-0.2, 0) is 11.2 Å². The van der Waals surface area contributed by atoms with Crippen molar-refractivity contribution in [3.63, 3.8) is 0 Å². The Balaban J connectivity index is 2.55. The molecule has 0 saturated heterocycles. The van der Waals surface area contributed by atoms with E-state index in [0.717, 1.165) is 0 Å². The zero-order valence-corrected chi connectivity index (χ0v) is 12.9. The summed E-state index contributed by atoms with van der Waals surface area (Å²) >= 11 is 0. The van der Waals surface area contributed by atoms with Gasteiger partial charge < -0.3 is 26.2 Å². The number of benzene rings is 2. The third-order valence-corrected chi connectivity index (χ3v) is 3.87.